The SMILES string of the molecule is COc1ccc(C)cc1C(=O)C(O)O. The third kappa shape index (κ3) is 2.10. The van der Waals surface area contributed by atoms with Crippen molar-refractivity contribution in [2.45, 2.75) is 13.2 Å². The van der Waals surface area contributed by atoms with E-state index in [-0.39, 0.29) is 5.56 Å². The highest BCUT2D eigenvalue weighted by molar-refractivity contribution is 6.00. The molecule has 0 fully saturated rings. The summed E-state index contributed by atoms with van der Waals surface area (Å²) in [6, 6.07) is 4.95. The lowest BCUT2D eigenvalue weighted by Gasteiger charge is -2.09. The van der Waals surface area contributed by atoms with E-state index in [1.54, 1.807) is 25.1 Å². The Morgan fingerprint density at radius 3 is 2.57 bits per heavy atom. The summed E-state index contributed by atoms with van der Waals surface area (Å²) in [5.41, 5.74) is 1.04. The van der Waals surface area contributed by atoms with Crippen molar-refractivity contribution in [2.75, 3.05) is 7.11 Å². The van der Waals surface area contributed by atoms with Crippen LogP contribution in [-0.4, -0.2) is 29.4 Å². The van der Waals surface area contributed by atoms with E-state index in [4.69, 9.17) is 14.9 Å². The fraction of sp³-hybridized carbons (Fsp3) is 0.300. The zero-order valence-electron chi connectivity index (χ0n) is 8.02. The summed E-state index contributed by atoms with van der Waals surface area (Å²) in [5.74, 6) is -0.417. The summed E-state index contributed by atoms with van der Waals surface area (Å²) in [6.45, 7) is 1.81. The lowest BCUT2D eigenvalue weighted by Crippen LogP contribution is -2.20. The molecule has 0 aromatic heterocycles. The van der Waals surface area contributed by atoms with Crippen molar-refractivity contribution < 1.29 is 19.7 Å². The highest BCUT2D eigenvalue weighted by Gasteiger charge is 2.18. The molecule has 0 aliphatic heterocycles. The van der Waals surface area contributed by atoms with Crippen molar-refractivity contribution in [1.29, 1.82) is 0 Å². The molecule has 4 heteroatoms. The van der Waals surface area contributed by atoms with E-state index in [9.17, 15) is 4.79 Å². The first-order chi connectivity index (χ1) is 6.56. The Balaban J connectivity index is 3.17. The summed E-state index contributed by atoms with van der Waals surface area (Å²) < 4.78 is 4.93. The Labute approximate surface area is 81.8 Å². The first-order valence-corrected chi connectivity index (χ1v) is 4.11. The first-order valence-electron chi connectivity index (χ1n) is 4.11. The van der Waals surface area contributed by atoms with E-state index in [0.717, 1.165) is 5.56 Å². The molecule has 0 heterocycles. The molecule has 0 atom stereocenters. The van der Waals surface area contributed by atoms with Crippen LogP contribution in [0.25, 0.3) is 0 Å². The van der Waals surface area contributed by atoms with Crippen molar-refractivity contribution in [3.8, 4) is 5.75 Å². The number of ether oxygens (including phenoxy) is 1. The number of hydrogen-bond donors (Lipinski definition) is 2. The van der Waals surface area contributed by atoms with Crippen LogP contribution in [0.2, 0.25) is 0 Å². The van der Waals surface area contributed by atoms with E-state index < -0.39 is 12.1 Å². The monoisotopic (exact) mass is 196 g/mol. The van der Waals surface area contributed by atoms with Crippen molar-refractivity contribution in [3.05, 3.63) is 29.3 Å². The van der Waals surface area contributed by atoms with E-state index >= 15 is 0 Å². The molecule has 0 aliphatic rings. The number of Topliss-reactive ketones (excluding diaryl/α,β-unsaturated/α-hetero) is 1. The number of aryl methyl sites for hydroxylation is 1. The molecule has 0 unspecified atom stereocenters. The second-order valence-electron chi connectivity index (χ2n) is 2.94. The number of rotatable bonds is 3. The molecule has 4 nitrogen and oxygen atoms in total. The van der Waals surface area contributed by atoms with Crippen LogP contribution in [0.5, 0.6) is 5.75 Å². The number of carbonyl (C=O) groups is 1. The Kier molecular flexibility index (Phi) is 3.22. The predicted molar refractivity (Wildman–Crippen MR) is 50.3 cm³/mol. The molecule has 14 heavy (non-hydrogen) atoms. The maximum atomic E-state index is 11.3. The van der Waals surface area contributed by atoms with Crippen LogP contribution >= 0.6 is 0 Å². The van der Waals surface area contributed by atoms with Gasteiger partial charge in [0, 0.05) is 0 Å². The minimum Gasteiger partial charge on any atom is -0.496 e. The Morgan fingerprint density at radius 1 is 1.43 bits per heavy atom. The van der Waals surface area contributed by atoms with Gasteiger partial charge in [-0.15, -0.1) is 0 Å². The fourth-order valence-corrected chi connectivity index (χ4v) is 1.15. The molecule has 0 amide bonds. The van der Waals surface area contributed by atoms with Gasteiger partial charge in [0.2, 0.25) is 12.1 Å². The van der Waals surface area contributed by atoms with Crippen molar-refractivity contribution in [2.24, 2.45) is 0 Å². The molecule has 0 saturated carbocycles. The summed E-state index contributed by atoms with van der Waals surface area (Å²) >= 11 is 0. The van der Waals surface area contributed by atoms with Crippen LogP contribution in [0.1, 0.15) is 15.9 Å². The lowest BCUT2D eigenvalue weighted by molar-refractivity contribution is -0.0197. The summed E-state index contributed by atoms with van der Waals surface area (Å²) in [5, 5.41) is 17.5. The van der Waals surface area contributed by atoms with Gasteiger partial charge in [-0.2, -0.15) is 0 Å². The molecule has 1 rings (SSSR count). The zero-order chi connectivity index (χ0) is 10.7. The van der Waals surface area contributed by atoms with Crippen LogP contribution in [0.4, 0.5) is 0 Å². The predicted octanol–water partition coefficient (Wildman–Crippen LogP) is 0.497. The number of hydrogen-bond acceptors (Lipinski definition) is 4. The number of benzene rings is 1. The molecule has 1 aromatic carbocycles. The third-order valence-corrected chi connectivity index (χ3v) is 1.85. The fourth-order valence-electron chi connectivity index (χ4n) is 1.15. The van der Waals surface area contributed by atoms with Crippen molar-refractivity contribution in [1.82, 2.24) is 0 Å². The highest BCUT2D eigenvalue weighted by Crippen LogP contribution is 2.20. The van der Waals surface area contributed by atoms with Gasteiger partial charge in [0.1, 0.15) is 5.75 Å². The topological polar surface area (TPSA) is 66.8 Å². The van der Waals surface area contributed by atoms with Crippen LogP contribution in [-0.2, 0) is 0 Å². The molecule has 76 valence electrons. The van der Waals surface area contributed by atoms with Crippen LogP contribution in [0.3, 0.4) is 0 Å². The summed E-state index contributed by atoms with van der Waals surface area (Å²) in [4.78, 5) is 11.3. The maximum absolute atomic E-state index is 11.3. The molecule has 2 N–H and O–H groups in total. The van der Waals surface area contributed by atoms with Crippen molar-refractivity contribution >= 4 is 5.78 Å². The number of carbonyl (C=O) groups excluding carboxylic acids is 1. The van der Waals surface area contributed by atoms with Crippen LogP contribution in [0, 0.1) is 6.92 Å². The van der Waals surface area contributed by atoms with Gasteiger partial charge in [-0.1, -0.05) is 11.6 Å². The molecule has 0 radical (unpaired) electrons. The van der Waals surface area contributed by atoms with Gasteiger partial charge in [-0.05, 0) is 19.1 Å². The molecular weight excluding hydrogens is 184 g/mol. The molecule has 0 saturated heterocycles. The second kappa shape index (κ2) is 4.21. The van der Waals surface area contributed by atoms with E-state index in [1.165, 1.54) is 7.11 Å². The third-order valence-electron chi connectivity index (χ3n) is 1.85. The minimum atomic E-state index is -1.99. The largest absolute Gasteiger partial charge is 0.496 e. The normalized spacial score (nSPS) is 10.4. The van der Waals surface area contributed by atoms with E-state index in [0.29, 0.717) is 5.75 Å². The lowest BCUT2D eigenvalue weighted by atomic mass is 10.1. The Morgan fingerprint density at radius 2 is 2.07 bits per heavy atom. The molecule has 0 bridgehead atoms. The number of methoxy groups -OCH3 is 1. The van der Waals surface area contributed by atoms with Gasteiger partial charge in [0.05, 0.1) is 12.7 Å². The van der Waals surface area contributed by atoms with E-state index in [1.807, 2.05) is 0 Å². The maximum Gasteiger partial charge on any atom is 0.222 e. The average molecular weight is 196 g/mol. The molecular formula is C10H12O4. The zero-order valence-corrected chi connectivity index (χ0v) is 8.02. The van der Waals surface area contributed by atoms with Gasteiger partial charge >= 0.3 is 0 Å². The first kappa shape index (κ1) is 10.7. The van der Waals surface area contributed by atoms with Gasteiger partial charge in [0.15, 0.2) is 0 Å². The summed E-state index contributed by atoms with van der Waals surface area (Å²) in [6.07, 6.45) is -1.99. The second-order valence-corrected chi connectivity index (χ2v) is 2.94. The van der Waals surface area contributed by atoms with E-state index in [2.05, 4.69) is 0 Å². The smallest absolute Gasteiger partial charge is 0.222 e. The number of aliphatic hydroxyl groups is 2. The van der Waals surface area contributed by atoms with Crippen LogP contribution < -0.4 is 4.74 Å². The van der Waals surface area contributed by atoms with Gasteiger partial charge in [-0.25, -0.2) is 0 Å². The van der Waals surface area contributed by atoms with Gasteiger partial charge < -0.3 is 14.9 Å². The molecule has 0 spiro atoms. The number of ketones is 1. The standard InChI is InChI=1S/C10H12O4/c1-6-3-4-8(14-2)7(5-6)9(11)10(12)13/h3-5,10,12-13H,1-2H3. The molecule has 0 aliphatic carbocycles. The quantitative estimate of drug-likeness (QED) is 0.545. The minimum absolute atomic E-state index is 0.183. The highest BCUT2D eigenvalue weighted by atomic mass is 16.5. The molecule has 1 aromatic rings. The Hall–Kier alpha value is -1.39. The van der Waals surface area contributed by atoms with Crippen molar-refractivity contribution in [3.63, 3.8) is 0 Å². The van der Waals surface area contributed by atoms with Gasteiger partial charge in [0.25, 0.3) is 0 Å². The summed E-state index contributed by atoms with van der Waals surface area (Å²) in [7, 11) is 1.42. The average Bonchev–Trinajstić information content (AvgIpc) is 2.16. The number of aliphatic hydroxyl groups excluding tert-OH is 1. The van der Waals surface area contributed by atoms with Gasteiger partial charge in [-0.3, -0.25) is 4.79 Å². The van der Waals surface area contributed by atoms with Crippen LogP contribution in [0.15, 0.2) is 18.2 Å². The Bertz CT molecular complexity index is 344.